The summed E-state index contributed by atoms with van der Waals surface area (Å²) >= 11 is 0. The van der Waals surface area contributed by atoms with Gasteiger partial charge in [-0.3, -0.25) is 14.7 Å². The van der Waals surface area contributed by atoms with E-state index in [1.165, 1.54) is 12.8 Å². The number of rotatable bonds is 5. The number of pyridine rings is 2. The summed E-state index contributed by atoms with van der Waals surface area (Å²) in [7, 11) is 2.12. The van der Waals surface area contributed by atoms with Crippen LogP contribution in [0.3, 0.4) is 0 Å². The Balaban J connectivity index is 1.85. The zero-order chi connectivity index (χ0) is 15.7. The van der Waals surface area contributed by atoms with Crippen LogP contribution in [-0.2, 0) is 6.54 Å². The van der Waals surface area contributed by atoms with Gasteiger partial charge in [-0.15, -0.1) is 0 Å². The molecule has 22 heavy (non-hydrogen) atoms. The number of nitrogens with zero attached hydrogens (tertiary/aromatic N) is 2. The molecule has 2 aromatic heterocycles. The van der Waals surface area contributed by atoms with Gasteiger partial charge in [0.1, 0.15) is 0 Å². The monoisotopic (exact) mass is 297 g/mol. The maximum atomic E-state index is 12.1. The van der Waals surface area contributed by atoms with E-state index in [4.69, 9.17) is 0 Å². The standard InChI is InChI=1S/C18H23N3O/c1-12-10-20-16(13(2)18(12)22)11-21(3)17(14-7-8-14)15-6-4-5-9-19-15/h4-6,9-10,14,17H,7-8,11H2,1-3H3,(H,20,22). The van der Waals surface area contributed by atoms with E-state index in [9.17, 15) is 4.79 Å². The predicted octanol–water partition coefficient (Wildman–Crippen LogP) is 2.97. The van der Waals surface area contributed by atoms with Crippen LogP contribution >= 0.6 is 0 Å². The fourth-order valence-corrected chi connectivity index (χ4v) is 3.10. The van der Waals surface area contributed by atoms with E-state index in [2.05, 4.69) is 28.0 Å². The molecule has 0 bridgehead atoms. The smallest absolute Gasteiger partial charge is 0.187 e. The van der Waals surface area contributed by atoms with Crippen molar-refractivity contribution in [3.8, 4) is 0 Å². The maximum absolute atomic E-state index is 12.1. The molecule has 1 N–H and O–H groups in total. The highest BCUT2D eigenvalue weighted by Gasteiger charge is 2.35. The number of hydrogen-bond donors (Lipinski definition) is 1. The summed E-state index contributed by atoms with van der Waals surface area (Å²) in [6, 6.07) is 6.43. The second-order valence-electron chi connectivity index (χ2n) is 6.36. The molecule has 0 aliphatic heterocycles. The van der Waals surface area contributed by atoms with Crippen molar-refractivity contribution in [1.82, 2.24) is 14.9 Å². The summed E-state index contributed by atoms with van der Waals surface area (Å²) in [6.07, 6.45) is 6.19. The highest BCUT2D eigenvalue weighted by Crippen LogP contribution is 2.43. The third-order valence-electron chi connectivity index (χ3n) is 4.56. The van der Waals surface area contributed by atoms with Crippen molar-refractivity contribution in [1.29, 1.82) is 0 Å². The zero-order valence-electron chi connectivity index (χ0n) is 13.5. The Hall–Kier alpha value is -1.94. The summed E-state index contributed by atoms with van der Waals surface area (Å²) in [5.41, 5.74) is 3.86. The van der Waals surface area contributed by atoms with E-state index < -0.39 is 0 Å². The molecule has 1 unspecified atom stereocenters. The molecule has 1 aliphatic carbocycles. The van der Waals surface area contributed by atoms with Crippen LogP contribution in [-0.4, -0.2) is 21.9 Å². The first kappa shape index (κ1) is 15.0. The third kappa shape index (κ3) is 2.97. The molecule has 2 heterocycles. The van der Waals surface area contributed by atoms with Crippen LogP contribution < -0.4 is 5.43 Å². The van der Waals surface area contributed by atoms with Gasteiger partial charge in [0.25, 0.3) is 0 Å². The Bertz CT molecular complexity index is 704. The highest BCUT2D eigenvalue weighted by atomic mass is 16.1. The van der Waals surface area contributed by atoms with Gasteiger partial charge in [0.05, 0.1) is 11.7 Å². The van der Waals surface area contributed by atoms with Gasteiger partial charge < -0.3 is 4.98 Å². The van der Waals surface area contributed by atoms with E-state index in [1.54, 1.807) is 0 Å². The molecule has 1 fully saturated rings. The third-order valence-corrected chi connectivity index (χ3v) is 4.56. The normalized spacial score (nSPS) is 16.0. The van der Waals surface area contributed by atoms with Gasteiger partial charge in [-0.05, 0) is 51.8 Å². The molecule has 4 nitrogen and oxygen atoms in total. The van der Waals surface area contributed by atoms with Gasteiger partial charge in [0.2, 0.25) is 0 Å². The molecule has 3 rings (SSSR count). The van der Waals surface area contributed by atoms with E-state index in [0.29, 0.717) is 12.0 Å². The summed E-state index contributed by atoms with van der Waals surface area (Å²) in [4.78, 5) is 22.2. The first-order chi connectivity index (χ1) is 10.6. The molecule has 1 saturated carbocycles. The van der Waals surface area contributed by atoms with Crippen molar-refractivity contribution >= 4 is 0 Å². The predicted molar refractivity (Wildman–Crippen MR) is 87.7 cm³/mol. The fourth-order valence-electron chi connectivity index (χ4n) is 3.10. The molecular formula is C18H23N3O. The molecule has 0 aromatic carbocycles. The topological polar surface area (TPSA) is 49.0 Å². The van der Waals surface area contributed by atoms with Gasteiger partial charge in [0, 0.05) is 35.8 Å². The van der Waals surface area contributed by atoms with Crippen molar-refractivity contribution in [2.24, 2.45) is 5.92 Å². The van der Waals surface area contributed by atoms with E-state index in [1.807, 2.05) is 38.4 Å². The summed E-state index contributed by atoms with van der Waals surface area (Å²) in [5.74, 6) is 0.678. The molecule has 4 heteroatoms. The summed E-state index contributed by atoms with van der Waals surface area (Å²) in [6.45, 7) is 4.49. The Labute approximate surface area is 131 Å². The van der Waals surface area contributed by atoms with Crippen molar-refractivity contribution in [2.45, 2.75) is 39.3 Å². The molecular weight excluding hydrogens is 274 g/mol. The number of H-pyrrole nitrogens is 1. The minimum absolute atomic E-state index is 0.142. The van der Waals surface area contributed by atoms with Gasteiger partial charge in [-0.25, -0.2) is 0 Å². The second-order valence-corrected chi connectivity index (χ2v) is 6.36. The highest BCUT2D eigenvalue weighted by molar-refractivity contribution is 5.24. The number of aromatic nitrogens is 2. The van der Waals surface area contributed by atoms with Crippen LogP contribution in [0.5, 0.6) is 0 Å². The zero-order valence-corrected chi connectivity index (χ0v) is 13.5. The molecule has 1 aliphatic rings. The Kier molecular flexibility index (Phi) is 4.12. The molecule has 116 valence electrons. The van der Waals surface area contributed by atoms with Gasteiger partial charge in [0.15, 0.2) is 5.43 Å². The SMILES string of the molecule is Cc1c[nH]c(CN(C)C(c2ccccn2)C2CC2)c(C)c1=O. The van der Waals surface area contributed by atoms with Crippen LogP contribution in [0.2, 0.25) is 0 Å². The van der Waals surface area contributed by atoms with E-state index in [-0.39, 0.29) is 5.43 Å². The van der Waals surface area contributed by atoms with E-state index >= 15 is 0 Å². The lowest BCUT2D eigenvalue weighted by molar-refractivity contribution is 0.205. The minimum Gasteiger partial charge on any atom is -0.363 e. The first-order valence-corrected chi connectivity index (χ1v) is 7.87. The maximum Gasteiger partial charge on any atom is 0.187 e. The van der Waals surface area contributed by atoms with Crippen molar-refractivity contribution in [2.75, 3.05) is 7.05 Å². The molecule has 2 aromatic rings. The van der Waals surface area contributed by atoms with Crippen molar-refractivity contribution in [3.63, 3.8) is 0 Å². The van der Waals surface area contributed by atoms with Crippen LogP contribution in [0.25, 0.3) is 0 Å². The van der Waals surface area contributed by atoms with Gasteiger partial charge >= 0.3 is 0 Å². The number of aromatic amines is 1. The van der Waals surface area contributed by atoms with Crippen LogP contribution in [0.4, 0.5) is 0 Å². The van der Waals surface area contributed by atoms with Crippen molar-refractivity contribution in [3.05, 3.63) is 63.3 Å². The Morgan fingerprint density at radius 1 is 1.36 bits per heavy atom. The van der Waals surface area contributed by atoms with Crippen LogP contribution in [0, 0.1) is 19.8 Å². The first-order valence-electron chi connectivity index (χ1n) is 7.87. The van der Waals surface area contributed by atoms with E-state index in [0.717, 1.165) is 29.1 Å². The minimum atomic E-state index is 0.142. The fraction of sp³-hybridized carbons (Fsp3) is 0.444. The lowest BCUT2D eigenvalue weighted by Crippen LogP contribution is -2.28. The average Bonchev–Trinajstić information content (AvgIpc) is 3.34. The number of aryl methyl sites for hydroxylation is 1. The lowest BCUT2D eigenvalue weighted by atomic mass is 10.1. The van der Waals surface area contributed by atoms with Crippen LogP contribution in [0.1, 0.15) is 41.4 Å². The van der Waals surface area contributed by atoms with Crippen LogP contribution in [0.15, 0.2) is 35.4 Å². The Morgan fingerprint density at radius 3 is 2.77 bits per heavy atom. The molecule has 0 saturated heterocycles. The summed E-state index contributed by atoms with van der Waals surface area (Å²) in [5, 5.41) is 0. The second kappa shape index (κ2) is 6.05. The summed E-state index contributed by atoms with van der Waals surface area (Å²) < 4.78 is 0. The quantitative estimate of drug-likeness (QED) is 0.923. The van der Waals surface area contributed by atoms with Crippen molar-refractivity contribution < 1.29 is 0 Å². The molecule has 1 atom stereocenters. The molecule has 0 amide bonds. The number of hydrogen-bond acceptors (Lipinski definition) is 3. The average molecular weight is 297 g/mol. The molecule has 0 radical (unpaired) electrons. The lowest BCUT2D eigenvalue weighted by Gasteiger charge is -2.28. The Morgan fingerprint density at radius 2 is 2.14 bits per heavy atom. The largest absolute Gasteiger partial charge is 0.363 e. The van der Waals surface area contributed by atoms with Gasteiger partial charge in [-0.1, -0.05) is 6.07 Å². The number of nitrogens with one attached hydrogen (secondary N) is 1. The molecule has 0 spiro atoms. The van der Waals surface area contributed by atoms with Gasteiger partial charge in [-0.2, -0.15) is 0 Å².